The number of benzene rings is 4. The molecule has 1 amide bonds. The van der Waals surface area contributed by atoms with Gasteiger partial charge in [-0.3, -0.25) is 9.59 Å². The van der Waals surface area contributed by atoms with Crippen LogP contribution in [0.3, 0.4) is 0 Å². The summed E-state index contributed by atoms with van der Waals surface area (Å²) in [5.74, 6) is 0.821. The molecule has 0 aliphatic carbocycles. The van der Waals surface area contributed by atoms with Crippen LogP contribution in [0.4, 0.5) is 10.1 Å². The second-order valence-electron chi connectivity index (χ2n) is 10.3. The van der Waals surface area contributed by atoms with E-state index in [0.717, 1.165) is 22.4 Å². The van der Waals surface area contributed by atoms with Gasteiger partial charge in [0.2, 0.25) is 0 Å². The van der Waals surface area contributed by atoms with Crippen molar-refractivity contribution < 1.29 is 18.7 Å². The first kappa shape index (κ1) is 29.2. The predicted molar refractivity (Wildman–Crippen MR) is 167 cm³/mol. The third-order valence-corrected chi connectivity index (χ3v) is 6.91. The standard InChI is InChI=1S/C34H31FN4O4/c1-21(2)26-18-27(22(3)17-31(26)42-4)33-38-29-11-7-5-9-25(29)34(41)39(33)36-19-23-13-15-24(16-14-23)43-20-32(40)37-30-12-8-6-10-28(30)35/h5-19,21H,20H2,1-4H3,(H,37,40). The van der Waals surface area contributed by atoms with Gasteiger partial charge in [-0.1, -0.05) is 38.1 Å². The number of hydrogen-bond acceptors (Lipinski definition) is 6. The third-order valence-electron chi connectivity index (χ3n) is 6.91. The maximum Gasteiger partial charge on any atom is 0.282 e. The number of hydrogen-bond donors (Lipinski definition) is 1. The summed E-state index contributed by atoms with van der Waals surface area (Å²) in [7, 11) is 1.64. The zero-order valence-electron chi connectivity index (χ0n) is 24.3. The summed E-state index contributed by atoms with van der Waals surface area (Å²) in [5, 5.41) is 7.50. The first-order valence-electron chi connectivity index (χ1n) is 13.8. The summed E-state index contributed by atoms with van der Waals surface area (Å²) in [6.07, 6.45) is 1.57. The van der Waals surface area contributed by atoms with Gasteiger partial charge in [-0.2, -0.15) is 9.78 Å². The molecule has 43 heavy (non-hydrogen) atoms. The zero-order chi connectivity index (χ0) is 30.5. The second kappa shape index (κ2) is 12.7. The smallest absolute Gasteiger partial charge is 0.282 e. The lowest BCUT2D eigenvalue weighted by Gasteiger charge is -2.17. The molecule has 0 spiro atoms. The molecule has 0 aliphatic rings. The molecule has 9 heteroatoms. The van der Waals surface area contributed by atoms with Gasteiger partial charge < -0.3 is 14.8 Å². The quantitative estimate of drug-likeness (QED) is 0.200. The van der Waals surface area contributed by atoms with E-state index >= 15 is 0 Å². The van der Waals surface area contributed by atoms with Crippen LogP contribution in [-0.2, 0) is 4.79 Å². The Balaban J connectivity index is 1.42. The first-order valence-corrected chi connectivity index (χ1v) is 13.8. The van der Waals surface area contributed by atoms with E-state index in [2.05, 4.69) is 24.3 Å². The SMILES string of the molecule is COc1cc(C)c(-c2nc3ccccc3c(=O)n2N=Cc2ccc(OCC(=O)Nc3ccccc3F)cc2)cc1C(C)C. The number of halogens is 1. The summed E-state index contributed by atoms with van der Waals surface area (Å²) in [6.45, 7) is 5.83. The summed E-state index contributed by atoms with van der Waals surface area (Å²) in [5.41, 5.74) is 3.75. The number of anilines is 1. The minimum absolute atomic E-state index is 0.0886. The molecule has 5 aromatic rings. The van der Waals surface area contributed by atoms with Crippen molar-refractivity contribution in [2.75, 3.05) is 19.0 Å². The highest BCUT2D eigenvalue weighted by Crippen LogP contribution is 2.34. The molecular formula is C34H31FN4O4. The number of nitrogens with zero attached hydrogens (tertiary/aromatic N) is 3. The van der Waals surface area contributed by atoms with Crippen molar-refractivity contribution in [2.45, 2.75) is 26.7 Å². The lowest BCUT2D eigenvalue weighted by Crippen LogP contribution is -2.21. The fraction of sp³-hybridized carbons (Fsp3) is 0.176. The largest absolute Gasteiger partial charge is 0.496 e. The molecule has 218 valence electrons. The Morgan fingerprint density at radius 3 is 2.49 bits per heavy atom. The number of aryl methyl sites for hydroxylation is 1. The maximum absolute atomic E-state index is 13.8. The number of carbonyl (C=O) groups is 1. The van der Waals surface area contributed by atoms with Crippen molar-refractivity contribution in [3.8, 4) is 22.9 Å². The number of aromatic nitrogens is 2. The number of fused-ring (bicyclic) bond motifs is 1. The maximum atomic E-state index is 13.8. The van der Waals surface area contributed by atoms with Gasteiger partial charge in [0.15, 0.2) is 12.4 Å². The van der Waals surface area contributed by atoms with E-state index in [1.54, 1.807) is 61.9 Å². The summed E-state index contributed by atoms with van der Waals surface area (Å²) in [6, 6.07) is 23.9. The van der Waals surface area contributed by atoms with Crippen molar-refractivity contribution >= 4 is 28.7 Å². The van der Waals surface area contributed by atoms with E-state index in [9.17, 15) is 14.0 Å². The van der Waals surface area contributed by atoms with E-state index < -0.39 is 11.7 Å². The van der Waals surface area contributed by atoms with Crippen LogP contribution in [0, 0.1) is 12.7 Å². The normalized spacial score (nSPS) is 11.3. The zero-order valence-corrected chi connectivity index (χ0v) is 24.3. The molecule has 0 unspecified atom stereocenters. The van der Waals surface area contributed by atoms with Gasteiger partial charge in [0, 0.05) is 5.56 Å². The Morgan fingerprint density at radius 2 is 1.77 bits per heavy atom. The van der Waals surface area contributed by atoms with Crippen LogP contribution < -0.4 is 20.3 Å². The van der Waals surface area contributed by atoms with Gasteiger partial charge in [0.25, 0.3) is 11.5 Å². The molecule has 0 bridgehead atoms. The molecule has 5 rings (SSSR count). The molecule has 4 aromatic carbocycles. The van der Waals surface area contributed by atoms with Crippen molar-refractivity contribution in [1.82, 2.24) is 9.66 Å². The van der Waals surface area contributed by atoms with Gasteiger partial charge in [-0.15, -0.1) is 0 Å². The van der Waals surface area contributed by atoms with E-state index in [1.807, 2.05) is 31.2 Å². The van der Waals surface area contributed by atoms with Crippen LogP contribution in [0.25, 0.3) is 22.3 Å². The van der Waals surface area contributed by atoms with E-state index in [-0.39, 0.29) is 23.8 Å². The van der Waals surface area contributed by atoms with Crippen molar-refractivity contribution in [3.05, 3.63) is 118 Å². The van der Waals surface area contributed by atoms with E-state index in [4.69, 9.17) is 14.5 Å². The van der Waals surface area contributed by atoms with E-state index in [1.165, 1.54) is 16.8 Å². The number of rotatable bonds is 9. The topological polar surface area (TPSA) is 94.8 Å². The van der Waals surface area contributed by atoms with Gasteiger partial charge in [-0.25, -0.2) is 9.37 Å². The molecule has 0 fully saturated rings. The monoisotopic (exact) mass is 578 g/mol. The predicted octanol–water partition coefficient (Wildman–Crippen LogP) is 6.54. The van der Waals surface area contributed by atoms with Crippen LogP contribution in [-0.4, -0.2) is 35.5 Å². The molecule has 1 N–H and O–H groups in total. The number of amides is 1. The summed E-state index contributed by atoms with van der Waals surface area (Å²) in [4.78, 5) is 30.7. The summed E-state index contributed by atoms with van der Waals surface area (Å²) >= 11 is 0. The Bertz CT molecular complexity index is 1880. The minimum Gasteiger partial charge on any atom is -0.496 e. The number of methoxy groups -OCH3 is 1. The number of ether oxygens (including phenoxy) is 2. The molecular weight excluding hydrogens is 547 g/mol. The summed E-state index contributed by atoms with van der Waals surface area (Å²) < 4.78 is 26.3. The first-order chi connectivity index (χ1) is 20.7. The van der Waals surface area contributed by atoms with Gasteiger partial charge in [0.1, 0.15) is 17.3 Å². The highest BCUT2D eigenvalue weighted by atomic mass is 19.1. The fourth-order valence-corrected chi connectivity index (χ4v) is 4.64. The molecule has 1 heterocycles. The molecule has 8 nitrogen and oxygen atoms in total. The Morgan fingerprint density at radius 1 is 1.05 bits per heavy atom. The van der Waals surface area contributed by atoms with Crippen LogP contribution in [0.1, 0.15) is 36.5 Å². The Hall–Kier alpha value is -5.31. The molecule has 1 aromatic heterocycles. The third kappa shape index (κ3) is 6.46. The molecule has 0 radical (unpaired) electrons. The lowest BCUT2D eigenvalue weighted by molar-refractivity contribution is -0.118. The highest BCUT2D eigenvalue weighted by molar-refractivity contribution is 5.92. The van der Waals surface area contributed by atoms with Gasteiger partial charge >= 0.3 is 0 Å². The van der Waals surface area contributed by atoms with Crippen LogP contribution in [0.5, 0.6) is 11.5 Å². The molecule has 0 aliphatic heterocycles. The minimum atomic E-state index is -0.522. The van der Waals surface area contributed by atoms with Crippen LogP contribution >= 0.6 is 0 Å². The molecule has 0 atom stereocenters. The Labute approximate surface area is 248 Å². The van der Waals surface area contributed by atoms with Gasteiger partial charge in [0.05, 0.1) is 29.9 Å². The van der Waals surface area contributed by atoms with Crippen molar-refractivity contribution in [1.29, 1.82) is 0 Å². The number of para-hydroxylation sites is 2. The number of carbonyl (C=O) groups excluding carboxylic acids is 1. The second-order valence-corrected chi connectivity index (χ2v) is 10.3. The van der Waals surface area contributed by atoms with Gasteiger partial charge in [-0.05, 0) is 90.2 Å². The Kier molecular flexibility index (Phi) is 8.61. The highest BCUT2D eigenvalue weighted by Gasteiger charge is 2.18. The number of nitrogens with one attached hydrogen (secondary N) is 1. The van der Waals surface area contributed by atoms with Crippen molar-refractivity contribution in [2.24, 2.45) is 5.10 Å². The van der Waals surface area contributed by atoms with Crippen LogP contribution in [0.15, 0.2) is 94.8 Å². The molecule has 0 saturated heterocycles. The average molecular weight is 579 g/mol. The average Bonchev–Trinajstić information content (AvgIpc) is 3.01. The lowest BCUT2D eigenvalue weighted by atomic mass is 9.96. The fourth-order valence-electron chi connectivity index (χ4n) is 4.64. The molecule has 0 saturated carbocycles. The van der Waals surface area contributed by atoms with Crippen LogP contribution in [0.2, 0.25) is 0 Å². The van der Waals surface area contributed by atoms with Crippen molar-refractivity contribution in [3.63, 3.8) is 0 Å². The van der Waals surface area contributed by atoms with E-state index in [0.29, 0.717) is 28.0 Å².